The Morgan fingerprint density at radius 3 is 1.77 bits per heavy atom. The fraction of sp³-hybridized carbons (Fsp3) is 0.625. The molecule has 1 atom stereocenters. The molecule has 0 spiro atoms. The molecule has 16 heteroatoms. The Labute approximate surface area is 330 Å². The van der Waals surface area contributed by atoms with Gasteiger partial charge in [-0.1, -0.05) is 42.5 Å². The number of unbranched alkanes of at least 4 members (excludes halogenated alkanes) is 1. The summed E-state index contributed by atoms with van der Waals surface area (Å²) in [6, 6.07) is 13.1. The van der Waals surface area contributed by atoms with Gasteiger partial charge in [-0.25, -0.2) is 0 Å². The minimum atomic E-state index is -0.999. The van der Waals surface area contributed by atoms with Crippen molar-refractivity contribution in [2.75, 3.05) is 112 Å². The molecule has 56 heavy (non-hydrogen) atoms. The number of nitrogens with zero attached hydrogens (tertiary/aromatic N) is 3. The van der Waals surface area contributed by atoms with Crippen LogP contribution in [0.25, 0.3) is 11.1 Å². The van der Waals surface area contributed by atoms with Crippen LogP contribution in [0.1, 0.15) is 36.6 Å². The molecule has 0 radical (unpaired) electrons. The predicted octanol–water partition coefficient (Wildman–Crippen LogP) is 2.91. The summed E-state index contributed by atoms with van der Waals surface area (Å²) in [6.45, 7) is 11.9. The average Bonchev–Trinajstić information content (AvgIpc) is 3.67. The van der Waals surface area contributed by atoms with Crippen molar-refractivity contribution in [3.8, 4) is 16.9 Å². The Kier molecular flexibility index (Phi) is 25.6. The second kappa shape index (κ2) is 30.6. The van der Waals surface area contributed by atoms with Gasteiger partial charge in [0.1, 0.15) is 17.5 Å². The third-order valence-electron chi connectivity index (χ3n) is 8.25. The van der Waals surface area contributed by atoms with Gasteiger partial charge in [-0.2, -0.15) is 0 Å². The van der Waals surface area contributed by atoms with Crippen LogP contribution in [0, 0.1) is 0 Å². The van der Waals surface area contributed by atoms with Gasteiger partial charge in [0.15, 0.2) is 0 Å². The summed E-state index contributed by atoms with van der Waals surface area (Å²) in [5.41, 5.74) is 16.1. The third kappa shape index (κ3) is 21.1. The van der Waals surface area contributed by atoms with E-state index in [4.69, 9.17) is 59.2 Å². The number of hydrogen-bond acceptors (Lipinski definition) is 14. The number of nitrogens with two attached hydrogens (primary N) is 2. The highest BCUT2D eigenvalue weighted by Gasteiger charge is 2.13. The van der Waals surface area contributed by atoms with Gasteiger partial charge in [0.05, 0.1) is 119 Å². The normalized spacial score (nSPS) is 12.0. The summed E-state index contributed by atoms with van der Waals surface area (Å²) >= 11 is 0. The first kappa shape index (κ1) is 46.8. The predicted molar refractivity (Wildman–Crippen MR) is 210 cm³/mol. The van der Waals surface area contributed by atoms with Crippen LogP contribution < -0.4 is 16.2 Å². The highest BCUT2D eigenvalue weighted by Crippen LogP contribution is 2.28. The fourth-order valence-corrected chi connectivity index (χ4v) is 5.27. The molecular weight excluding hydrogens is 726 g/mol. The Morgan fingerprint density at radius 2 is 1.25 bits per heavy atom. The zero-order valence-corrected chi connectivity index (χ0v) is 33.0. The molecule has 0 aliphatic heterocycles. The lowest BCUT2D eigenvalue weighted by Crippen LogP contribution is -2.32. The summed E-state index contributed by atoms with van der Waals surface area (Å²) < 4.78 is 51.6. The van der Waals surface area contributed by atoms with Crippen molar-refractivity contribution >= 4 is 5.97 Å². The van der Waals surface area contributed by atoms with Crippen molar-refractivity contribution in [2.24, 2.45) is 11.5 Å². The number of benzene rings is 2. The van der Waals surface area contributed by atoms with E-state index in [9.17, 15) is 4.79 Å². The Balaban J connectivity index is 1.10. The molecule has 0 unspecified atom stereocenters. The maximum absolute atomic E-state index is 11.1. The quantitative estimate of drug-likeness (QED) is 0.0726. The Morgan fingerprint density at radius 1 is 0.714 bits per heavy atom. The molecule has 2 aromatic carbocycles. The zero-order valence-electron chi connectivity index (χ0n) is 33.0. The first-order valence-electron chi connectivity index (χ1n) is 19.5. The second-order valence-corrected chi connectivity index (χ2v) is 12.7. The van der Waals surface area contributed by atoms with Gasteiger partial charge in [0.25, 0.3) is 0 Å². The summed E-state index contributed by atoms with van der Waals surface area (Å²) in [4.78, 5) is 11.1. The largest absolute Gasteiger partial charge is 0.494 e. The summed E-state index contributed by atoms with van der Waals surface area (Å²) in [5, 5.41) is 17.5. The minimum absolute atomic E-state index is 0.297. The lowest BCUT2D eigenvalue weighted by atomic mass is 9.96. The molecule has 0 amide bonds. The molecule has 1 aromatic heterocycles. The maximum atomic E-state index is 11.1. The van der Waals surface area contributed by atoms with Gasteiger partial charge in [0, 0.05) is 13.1 Å². The molecule has 0 aliphatic carbocycles. The number of carboxylic acid groups (broad SMARTS) is 1. The molecule has 314 valence electrons. The lowest BCUT2D eigenvalue weighted by Gasteiger charge is -2.13. The summed E-state index contributed by atoms with van der Waals surface area (Å²) in [5.74, 6) is -0.159. The van der Waals surface area contributed by atoms with Crippen LogP contribution in [0.15, 0.2) is 48.7 Å². The van der Waals surface area contributed by atoms with Gasteiger partial charge in [0.2, 0.25) is 0 Å². The molecule has 3 aromatic rings. The topological polar surface area (TPSA) is 203 Å². The van der Waals surface area contributed by atoms with Crippen molar-refractivity contribution in [3.63, 3.8) is 0 Å². The molecular formula is C40H63N5O11. The average molecular weight is 790 g/mol. The molecule has 5 N–H and O–H groups in total. The molecule has 0 saturated heterocycles. The first-order chi connectivity index (χ1) is 27.5. The van der Waals surface area contributed by atoms with Gasteiger partial charge in [-0.3, -0.25) is 9.48 Å². The number of carbonyl (C=O) groups is 1. The van der Waals surface area contributed by atoms with Crippen molar-refractivity contribution in [3.05, 3.63) is 65.5 Å². The van der Waals surface area contributed by atoms with Crippen LogP contribution in [0.4, 0.5) is 0 Å². The number of ether oxygens (including phenoxy) is 9. The highest BCUT2D eigenvalue weighted by atomic mass is 16.6. The number of aliphatic carboxylic acids is 1. The zero-order chi connectivity index (χ0) is 39.9. The number of rotatable bonds is 36. The van der Waals surface area contributed by atoms with Gasteiger partial charge in [-0.15, -0.1) is 5.10 Å². The number of carboxylic acids is 1. The van der Waals surface area contributed by atoms with E-state index in [1.54, 1.807) is 0 Å². The second-order valence-electron chi connectivity index (χ2n) is 12.7. The molecule has 0 bridgehead atoms. The third-order valence-corrected chi connectivity index (χ3v) is 8.25. The van der Waals surface area contributed by atoms with Crippen LogP contribution in [-0.2, 0) is 68.7 Å². The van der Waals surface area contributed by atoms with Gasteiger partial charge in [-0.05, 0) is 60.1 Å². The van der Waals surface area contributed by atoms with Crippen molar-refractivity contribution in [1.29, 1.82) is 0 Å². The Bertz CT molecular complexity index is 1430. The van der Waals surface area contributed by atoms with E-state index in [2.05, 4.69) is 29.4 Å². The van der Waals surface area contributed by atoms with Crippen molar-refractivity contribution in [1.82, 2.24) is 15.0 Å². The van der Waals surface area contributed by atoms with E-state index in [0.29, 0.717) is 125 Å². The molecule has 3 rings (SSSR count). The van der Waals surface area contributed by atoms with Gasteiger partial charge < -0.3 is 59.2 Å². The monoisotopic (exact) mass is 789 g/mol. The maximum Gasteiger partial charge on any atom is 0.320 e. The van der Waals surface area contributed by atoms with E-state index in [0.717, 1.165) is 53.9 Å². The SMILES string of the molecule is CCc1cc(OCCCCn2cc(COCCOCCOCCOCCOCCOCCOCCOCCN)nn2)ccc1-c1ccc(C[C@H](N)C(=O)O)cc1. The molecule has 0 saturated carbocycles. The lowest BCUT2D eigenvalue weighted by molar-refractivity contribution is -0.138. The van der Waals surface area contributed by atoms with Crippen LogP contribution in [0.2, 0.25) is 0 Å². The van der Waals surface area contributed by atoms with Crippen LogP contribution in [0.5, 0.6) is 5.75 Å². The number of aryl methyl sites for hydroxylation is 2. The molecule has 16 nitrogen and oxygen atoms in total. The molecule has 0 aliphatic rings. The standard InChI is InChI=1S/C40H63N5O11/c1-2-34-30-37(9-10-38(34)35-7-5-33(6-8-35)29-39(42)40(46)47)56-13-4-3-12-45-31-36(43-44-45)32-55-28-27-54-26-25-53-24-23-52-22-21-51-20-19-50-18-17-49-16-15-48-14-11-41/h5-10,30-31,39H,2-4,11-29,32,41-42H2,1H3,(H,46,47)/t39-/m0/s1. The van der Waals surface area contributed by atoms with Crippen molar-refractivity contribution < 1.29 is 52.5 Å². The van der Waals surface area contributed by atoms with E-state index in [-0.39, 0.29) is 0 Å². The first-order valence-corrected chi connectivity index (χ1v) is 19.5. The van der Waals surface area contributed by atoms with E-state index < -0.39 is 12.0 Å². The van der Waals surface area contributed by atoms with E-state index in [1.165, 1.54) is 5.56 Å². The fourth-order valence-electron chi connectivity index (χ4n) is 5.27. The molecule has 1 heterocycles. The molecule has 0 fully saturated rings. The smallest absolute Gasteiger partial charge is 0.320 e. The van der Waals surface area contributed by atoms with Crippen LogP contribution in [0.3, 0.4) is 0 Å². The number of aromatic nitrogens is 3. The highest BCUT2D eigenvalue weighted by molar-refractivity contribution is 5.74. The van der Waals surface area contributed by atoms with E-state index in [1.807, 2.05) is 41.2 Å². The van der Waals surface area contributed by atoms with Gasteiger partial charge >= 0.3 is 5.97 Å². The summed E-state index contributed by atoms with van der Waals surface area (Å²) in [6.07, 6.45) is 4.84. The number of hydrogen-bond donors (Lipinski definition) is 3. The van der Waals surface area contributed by atoms with Crippen molar-refractivity contribution in [2.45, 2.75) is 51.8 Å². The van der Waals surface area contributed by atoms with Crippen LogP contribution in [-0.4, -0.2) is 144 Å². The summed E-state index contributed by atoms with van der Waals surface area (Å²) in [7, 11) is 0. The minimum Gasteiger partial charge on any atom is -0.494 e. The van der Waals surface area contributed by atoms with E-state index >= 15 is 0 Å². The van der Waals surface area contributed by atoms with Crippen LogP contribution >= 0.6 is 0 Å². The Hall–Kier alpha value is -3.55.